The fourth-order valence-electron chi connectivity index (χ4n) is 2.23. The molecular formula is C16H14N2O2S. The molecule has 3 aromatic rings. The second-order valence-electron chi connectivity index (χ2n) is 4.68. The summed E-state index contributed by atoms with van der Waals surface area (Å²) in [6, 6.07) is 11.4. The highest BCUT2D eigenvalue weighted by atomic mass is 32.1. The number of carbonyl (C=O) groups excluding carboxylic acids is 1. The molecule has 5 heteroatoms. The molecule has 2 N–H and O–H groups in total. The molecule has 0 bridgehead atoms. The molecule has 0 aliphatic carbocycles. The monoisotopic (exact) mass is 298 g/mol. The zero-order valence-electron chi connectivity index (χ0n) is 11.3. The van der Waals surface area contributed by atoms with Crippen molar-refractivity contribution in [2.24, 2.45) is 0 Å². The minimum atomic E-state index is -0.365. The number of fused-ring (bicyclic) bond motifs is 1. The van der Waals surface area contributed by atoms with Gasteiger partial charge < -0.3 is 10.3 Å². The lowest BCUT2D eigenvalue weighted by Gasteiger charge is -2.04. The topological polar surface area (TPSA) is 62.0 Å². The lowest BCUT2D eigenvalue weighted by molar-refractivity contribution is 0.0952. The second kappa shape index (κ2) is 5.93. The molecule has 2 heterocycles. The molecule has 106 valence electrons. The second-order valence-corrected chi connectivity index (χ2v) is 5.59. The normalized spacial score (nSPS) is 10.7. The Morgan fingerprint density at radius 3 is 2.90 bits per heavy atom. The van der Waals surface area contributed by atoms with Crippen molar-refractivity contribution in [1.82, 2.24) is 10.3 Å². The zero-order chi connectivity index (χ0) is 14.7. The van der Waals surface area contributed by atoms with Crippen molar-refractivity contribution in [1.29, 1.82) is 0 Å². The molecule has 0 saturated heterocycles. The van der Waals surface area contributed by atoms with Gasteiger partial charge in [0.1, 0.15) is 5.56 Å². The number of nitrogens with one attached hydrogen (secondary N) is 2. The molecule has 1 amide bonds. The Morgan fingerprint density at radius 1 is 1.19 bits per heavy atom. The van der Waals surface area contributed by atoms with Crippen molar-refractivity contribution in [3.8, 4) is 0 Å². The standard InChI is InChI=1S/C16H14N2O2S/c19-15-13(5-3-8-17-15)16(20)18-9-7-11-10-21-14-6-2-1-4-12(11)14/h1-6,8,10H,7,9H2,(H,17,19)(H,18,20). The van der Waals surface area contributed by atoms with Gasteiger partial charge in [0.05, 0.1) is 0 Å². The number of H-pyrrole nitrogens is 1. The predicted octanol–water partition coefficient (Wildman–Crippen LogP) is 2.56. The number of amides is 1. The van der Waals surface area contributed by atoms with Crippen LogP contribution in [0.1, 0.15) is 15.9 Å². The first-order chi connectivity index (χ1) is 10.3. The van der Waals surface area contributed by atoms with Crippen LogP contribution in [-0.2, 0) is 6.42 Å². The maximum absolute atomic E-state index is 11.9. The molecule has 21 heavy (non-hydrogen) atoms. The number of hydrogen-bond acceptors (Lipinski definition) is 3. The Morgan fingerprint density at radius 2 is 2.05 bits per heavy atom. The van der Waals surface area contributed by atoms with Crippen LogP contribution in [0.5, 0.6) is 0 Å². The van der Waals surface area contributed by atoms with Gasteiger partial charge in [-0.15, -0.1) is 11.3 Å². The fourth-order valence-corrected chi connectivity index (χ4v) is 3.23. The number of hydrogen-bond donors (Lipinski definition) is 2. The average Bonchev–Trinajstić information content (AvgIpc) is 2.91. The molecule has 0 fully saturated rings. The van der Waals surface area contributed by atoms with Crippen LogP contribution in [0.2, 0.25) is 0 Å². The number of aromatic amines is 1. The van der Waals surface area contributed by atoms with Crippen LogP contribution in [0.25, 0.3) is 10.1 Å². The van der Waals surface area contributed by atoms with E-state index in [1.54, 1.807) is 17.4 Å². The van der Waals surface area contributed by atoms with Crippen LogP contribution in [0.15, 0.2) is 52.8 Å². The summed E-state index contributed by atoms with van der Waals surface area (Å²) in [6.07, 6.45) is 2.26. The van der Waals surface area contributed by atoms with Gasteiger partial charge in [-0.1, -0.05) is 18.2 Å². The quantitative estimate of drug-likeness (QED) is 0.777. The van der Waals surface area contributed by atoms with Gasteiger partial charge in [0, 0.05) is 17.4 Å². The van der Waals surface area contributed by atoms with E-state index in [9.17, 15) is 9.59 Å². The van der Waals surface area contributed by atoms with Gasteiger partial charge in [-0.2, -0.15) is 0 Å². The zero-order valence-corrected chi connectivity index (χ0v) is 12.1. The molecule has 0 atom stereocenters. The highest BCUT2D eigenvalue weighted by molar-refractivity contribution is 7.17. The molecule has 0 radical (unpaired) electrons. The number of thiophene rings is 1. The van der Waals surface area contributed by atoms with Gasteiger partial charge in [0.2, 0.25) is 0 Å². The number of rotatable bonds is 4. The molecule has 4 nitrogen and oxygen atoms in total. The first-order valence-electron chi connectivity index (χ1n) is 6.67. The summed E-state index contributed by atoms with van der Waals surface area (Å²) in [5.41, 5.74) is 1.00. The van der Waals surface area contributed by atoms with Crippen LogP contribution < -0.4 is 10.9 Å². The Kier molecular flexibility index (Phi) is 3.83. The van der Waals surface area contributed by atoms with Crippen LogP contribution in [0, 0.1) is 0 Å². The number of carbonyl (C=O) groups is 1. The van der Waals surface area contributed by atoms with E-state index >= 15 is 0 Å². The van der Waals surface area contributed by atoms with Gasteiger partial charge in [-0.25, -0.2) is 0 Å². The van der Waals surface area contributed by atoms with Gasteiger partial charge in [0.25, 0.3) is 11.5 Å². The highest BCUT2D eigenvalue weighted by Gasteiger charge is 2.09. The minimum absolute atomic E-state index is 0.146. The predicted molar refractivity (Wildman–Crippen MR) is 84.9 cm³/mol. The van der Waals surface area contributed by atoms with Gasteiger partial charge in [-0.05, 0) is 40.9 Å². The first kappa shape index (κ1) is 13.6. The smallest absolute Gasteiger partial charge is 0.260 e. The van der Waals surface area contributed by atoms with Crippen LogP contribution in [-0.4, -0.2) is 17.4 Å². The lowest BCUT2D eigenvalue weighted by Crippen LogP contribution is -2.30. The third-order valence-corrected chi connectivity index (χ3v) is 4.32. The van der Waals surface area contributed by atoms with E-state index in [0.29, 0.717) is 6.54 Å². The van der Waals surface area contributed by atoms with E-state index in [1.165, 1.54) is 27.9 Å². The highest BCUT2D eigenvalue weighted by Crippen LogP contribution is 2.25. The molecule has 2 aromatic heterocycles. The van der Waals surface area contributed by atoms with Gasteiger partial charge in [0.15, 0.2) is 0 Å². The van der Waals surface area contributed by atoms with Crippen molar-refractivity contribution in [2.45, 2.75) is 6.42 Å². The van der Waals surface area contributed by atoms with E-state index in [0.717, 1.165) is 6.42 Å². The van der Waals surface area contributed by atoms with E-state index in [-0.39, 0.29) is 17.0 Å². The summed E-state index contributed by atoms with van der Waals surface area (Å²) in [7, 11) is 0. The number of benzene rings is 1. The molecular weight excluding hydrogens is 284 g/mol. The summed E-state index contributed by atoms with van der Waals surface area (Å²) in [5, 5.41) is 6.14. The third-order valence-electron chi connectivity index (χ3n) is 3.30. The molecule has 0 saturated carbocycles. The molecule has 0 spiro atoms. The summed E-state index contributed by atoms with van der Waals surface area (Å²) < 4.78 is 1.25. The molecule has 3 rings (SSSR count). The molecule has 0 aliphatic rings. The van der Waals surface area contributed by atoms with E-state index in [1.807, 2.05) is 12.1 Å². The maximum Gasteiger partial charge on any atom is 0.260 e. The SMILES string of the molecule is O=C(NCCc1csc2ccccc12)c1ccc[nH]c1=O. The number of aromatic nitrogens is 1. The Balaban J connectivity index is 1.65. The molecule has 0 unspecified atom stereocenters. The Labute approximate surface area is 125 Å². The van der Waals surface area contributed by atoms with E-state index in [2.05, 4.69) is 27.8 Å². The summed E-state index contributed by atoms with van der Waals surface area (Å²) >= 11 is 1.70. The molecule has 1 aromatic carbocycles. The average molecular weight is 298 g/mol. The van der Waals surface area contributed by atoms with E-state index < -0.39 is 0 Å². The Bertz CT molecular complexity index is 835. The summed E-state index contributed by atoms with van der Waals surface area (Å²) in [4.78, 5) is 25.9. The van der Waals surface area contributed by atoms with Crippen LogP contribution >= 0.6 is 11.3 Å². The minimum Gasteiger partial charge on any atom is -0.352 e. The van der Waals surface area contributed by atoms with Crippen molar-refractivity contribution in [3.63, 3.8) is 0 Å². The van der Waals surface area contributed by atoms with Crippen molar-refractivity contribution in [3.05, 3.63) is 69.5 Å². The van der Waals surface area contributed by atoms with Crippen LogP contribution in [0.4, 0.5) is 0 Å². The molecule has 0 aliphatic heterocycles. The van der Waals surface area contributed by atoms with E-state index in [4.69, 9.17) is 0 Å². The van der Waals surface area contributed by atoms with Gasteiger partial charge >= 0.3 is 0 Å². The maximum atomic E-state index is 11.9. The van der Waals surface area contributed by atoms with Gasteiger partial charge in [-0.3, -0.25) is 9.59 Å². The third kappa shape index (κ3) is 2.87. The Hall–Kier alpha value is -2.40. The fraction of sp³-hybridized carbons (Fsp3) is 0.125. The lowest BCUT2D eigenvalue weighted by atomic mass is 10.1. The van der Waals surface area contributed by atoms with Crippen molar-refractivity contribution < 1.29 is 4.79 Å². The number of pyridine rings is 1. The van der Waals surface area contributed by atoms with Crippen molar-refractivity contribution in [2.75, 3.05) is 6.54 Å². The largest absolute Gasteiger partial charge is 0.352 e. The van der Waals surface area contributed by atoms with Crippen molar-refractivity contribution >= 4 is 27.3 Å². The summed E-state index contributed by atoms with van der Waals surface area (Å²) in [5.74, 6) is -0.337. The summed E-state index contributed by atoms with van der Waals surface area (Å²) in [6.45, 7) is 0.508. The first-order valence-corrected chi connectivity index (χ1v) is 7.54. The van der Waals surface area contributed by atoms with Crippen LogP contribution in [0.3, 0.4) is 0 Å².